The largest absolute Gasteiger partial charge is 0.335 e. The van der Waals surface area contributed by atoms with E-state index in [9.17, 15) is 4.79 Å². The molecule has 3 rings (SSSR count). The minimum absolute atomic E-state index is 0.0620. The lowest BCUT2D eigenvalue weighted by Crippen LogP contribution is -2.40. The molecule has 2 aliphatic rings. The van der Waals surface area contributed by atoms with Crippen molar-refractivity contribution in [1.29, 1.82) is 0 Å². The van der Waals surface area contributed by atoms with Gasteiger partial charge in [0, 0.05) is 17.8 Å². The van der Waals surface area contributed by atoms with Crippen LogP contribution in [-0.2, 0) is 0 Å². The van der Waals surface area contributed by atoms with Gasteiger partial charge < -0.3 is 16.0 Å². The molecule has 0 aromatic heterocycles. The number of rotatable bonds is 6. The summed E-state index contributed by atoms with van der Waals surface area (Å²) in [5, 5.41) is 9.38. The minimum Gasteiger partial charge on any atom is -0.335 e. The van der Waals surface area contributed by atoms with Gasteiger partial charge in [0.25, 0.3) is 0 Å². The summed E-state index contributed by atoms with van der Waals surface area (Å²) in [4.78, 5) is 12.2. The van der Waals surface area contributed by atoms with E-state index in [2.05, 4.69) is 28.9 Å². The zero-order valence-electron chi connectivity index (χ0n) is 12.9. The molecule has 2 aliphatic carbocycles. The highest BCUT2D eigenvalue weighted by atomic mass is 16.2. The zero-order valence-corrected chi connectivity index (χ0v) is 12.9. The highest BCUT2D eigenvalue weighted by molar-refractivity contribution is 5.89. The van der Waals surface area contributed by atoms with Crippen molar-refractivity contribution in [2.24, 2.45) is 11.8 Å². The van der Waals surface area contributed by atoms with E-state index in [0.717, 1.165) is 17.5 Å². The van der Waals surface area contributed by atoms with Gasteiger partial charge >= 0.3 is 6.03 Å². The van der Waals surface area contributed by atoms with Gasteiger partial charge in [-0.1, -0.05) is 12.1 Å². The zero-order chi connectivity index (χ0) is 14.8. The fourth-order valence-corrected chi connectivity index (χ4v) is 2.90. The Balaban J connectivity index is 1.58. The summed E-state index contributed by atoms with van der Waals surface area (Å²) in [6.45, 7) is 2.11. The Morgan fingerprint density at radius 1 is 1.19 bits per heavy atom. The van der Waals surface area contributed by atoms with Crippen molar-refractivity contribution < 1.29 is 4.79 Å². The lowest BCUT2D eigenvalue weighted by Gasteiger charge is -2.18. The van der Waals surface area contributed by atoms with Gasteiger partial charge in [0.05, 0.1) is 0 Å². The van der Waals surface area contributed by atoms with Crippen molar-refractivity contribution in [3.05, 3.63) is 29.8 Å². The standard InChI is InChI=1S/C17H25N3O/c1-11(18-2)14-4-3-5-15(10-14)19-17(21)20-16(12-6-7-12)13-8-9-13/h3-5,10-13,16,18H,6-9H2,1-2H3,(H2,19,20,21). The van der Waals surface area contributed by atoms with Crippen LogP contribution in [0.3, 0.4) is 0 Å². The smallest absolute Gasteiger partial charge is 0.319 e. The molecule has 1 atom stereocenters. The Morgan fingerprint density at radius 2 is 1.86 bits per heavy atom. The molecule has 2 saturated carbocycles. The minimum atomic E-state index is -0.0620. The summed E-state index contributed by atoms with van der Waals surface area (Å²) < 4.78 is 0. The Morgan fingerprint density at radius 3 is 2.43 bits per heavy atom. The third-order valence-electron chi connectivity index (χ3n) is 4.64. The van der Waals surface area contributed by atoms with E-state index in [4.69, 9.17) is 0 Å². The molecule has 1 unspecified atom stereocenters. The van der Waals surface area contributed by atoms with E-state index in [1.807, 2.05) is 25.2 Å². The molecule has 0 aliphatic heterocycles. The molecule has 0 saturated heterocycles. The highest BCUT2D eigenvalue weighted by Gasteiger charge is 2.42. The van der Waals surface area contributed by atoms with Crippen LogP contribution >= 0.6 is 0 Å². The number of urea groups is 1. The fraction of sp³-hybridized carbons (Fsp3) is 0.588. The van der Waals surface area contributed by atoms with Gasteiger partial charge in [-0.15, -0.1) is 0 Å². The molecular weight excluding hydrogens is 262 g/mol. The summed E-state index contributed by atoms with van der Waals surface area (Å²) in [6.07, 6.45) is 5.10. The summed E-state index contributed by atoms with van der Waals surface area (Å²) in [6, 6.07) is 8.64. The van der Waals surface area contributed by atoms with Crippen LogP contribution in [0.4, 0.5) is 10.5 Å². The number of carbonyl (C=O) groups is 1. The van der Waals surface area contributed by atoms with Gasteiger partial charge in [-0.2, -0.15) is 0 Å². The lowest BCUT2D eigenvalue weighted by molar-refractivity contribution is 0.245. The quantitative estimate of drug-likeness (QED) is 0.752. The van der Waals surface area contributed by atoms with Crippen LogP contribution in [0, 0.1) is 11.8 Å². The molecule has 114 valence electrons. The first-order chi connectivity index (χ1) is 10.2. The molecule has 0 heterocycles. The van der Waals surface area contributed by atoms with Crippen molar-refractivity contribution >= 4 is 11.7 Å². The molecule has 21 heavy (non-hydrogen) atoms. The summed E-state index contributed by atoms with van der Waals surface area (Å²) in [5.74, 6) is 1.44. The second kappa shape index (κ2) is 6.06. The van der Waals surface area contributed by atoms with Crippen LogP contribution in [0.15, 0.2) is 24.3 Å². The maximum atomic E-state index is 12.2. The van der Waals surface area contributed by atoms with Crippen LogP contribution in [0.2, 0.25) is 0 Å². The number of nitrogens with one attached hydrogen (secondary N) is 3. The Bertz CT molecular complexity index is 497. The first kappa shape index (κ1) is 14.4. The van der Waals surface area contributed by atoms with Gasteiger partial charge in [0.15, 0.2) is 0 Å². The van der Waals surface area contributed by atoms with Crippen molar-refractivity contribution in [1.82, 2.24) is 10.6 Å². The van der Waals surface area contributed by atoms with Gasteiger partial charge in [-0.3, -0.25) is 0 Å². The average Bonchev–Trinajstić information content (AvgIpc) is 3.37. The molecule has 2 fully saturated rings. The predicted molar refractivity (Wildman–Crippen MR) is 85.3 cm³/mol. The van der Waals surface area contributed by atoms with E-state index < -0.39 is 0 Å². The first-order valence-electron chi connectivity index (χ1n) is 8.02. The van der Waals surface area contributed by atoms with Crippen molar-refractivity contribution in [2.45, 2.75) is 44.7 Å². The third-order valence-corrected chi connectivity index (χ3v) is 4.64. The number of carbonyl (C=O) groups excluding carboxylic acids is 1. The molecule has 4 heteroatoms. The lowest BCUT2D eigenvalue weighted by atomic mass is 10.1. The molecule has 0 spiro atoms. The van der Waals surface area contributed by atoms with Crippen LogP contribution in [0.1, 0.15) is 44.2 Å². The molecule has 3 N–H and O–H groups in total. The van der Waals surface area contributed by atoms with Crippen molar-refractivity contribution in [3.63, 3.8) is 0 Å². The number of hydrogen-bond donors (Lipinski definition) is 3. The molecule has 1 aromatic carbocycles. The molecule has 4 nitrogen and oxygen atoms in total. The van der Waals surface area contributed by atoms with Crippen molar-refractivity contribution in [3.8, 4) is 0 Å². The number of hydrogen-bond acceptors (Lipinski definition) is 2. The van der Waals surface area contributed by atoms with Gasteiger partial charge in [-0.25, -0.2) is 4.79 Å². The maximum Gasteiger partial charge on any atom is 0.319 e. The maximum absolute atomic E-state index is 12.2. The second-order valence-corrected chi connectivity index (χ2v) is 6.43. The van der Waals surface area contributed by atoms with Gasteiger partial charge in [0.1, 0.15) is 0 Å². The Labute approximate surface area is 126 Å². The van der Waals surface area contributed by atoms with Gasteiger partial charge in [-0.05, 0) is 69.2 Å². The Hall–Kier alpha value is -1.55. The average molecular weight is 287 g/mol. The predicted octanol–water partition coefficient (Wildman–Crippen LogP) is 3.28. The SMILES string of the molecule is CNC(C)c1cccc(NC(=O)NC(C2CC2)C2CC2)c1. The topological polar surface area (TPSA) is 53.2 Å². The van der Waals surface area contributed by atoms with Crippen molar-refractivity contribution in [2.75, 3.05) is 12.4 Å². The Kier molecular flexibility index (Phi) is 4.15. The van der Waals surface area contributed by atoms with E-state index >= 15 is 0 Å². The van der Waals surface area contributed by atoms with E-state index in [1.165, 1.54) is 31.2 Å². The van der Waals surface area contributed by atoms with Crippen LogP contribution < -0.4 is 16.0 Å². The molecular formula is C17H25N3O. The van der Waals surface area contributed by atoms with Crippen LogP contribution in [0.25, 0.3) is 0 Å². The number of anilines is 1. The van der Waals surface area contributed by atoms with Crippen LogP contribution in [0.5, 0.6) is 0 Å². The van der Waals surface area contributed by atoms with Gasteiger partial charge in [0.2, 0.25) is 0 Å². The molecule has 2 amide bonds. The highest BCUT2D eigenvalue weighted by Crippen LogP contribution is 2.44. The van der Waals surface area contributed by atoms with Crippen LogP contribution in [-0.4, -0.2) is 19.1 Å². The fourth-order valence-electron chi connectivity index (χ4n) is 2.90. The monoisotopic (exact) mass is 287 g/mol. The summed E-state index contributed by atoms with van der Waals surface area (Å²) in [7, 11) is 1.94. The summed E-state index contributed by atoms with van der Waals surface area (Å²) >= 11 is 0. The first-order valence-corrected chi connectivity index (χ1v) is 8.02. The molecule has 0 bridgehead atoms. The third kappa shape index (κ3) is 3.76. The molecule has 1 aromatic rings. The number of amides is 2. The van der Waals surface area contributed by atoms with E-state index in [0.29, 0.717) is 6.04 Å². The van der Waals surface area contributed by atoms with E-state index in [1.54, 1.807) is 0 Å². The summed E-state index contributed by atoms with van der Waals surface area (Å²) in [5.41, 5.74) is 2.04. The second-order valence-electron chi connectivity index (χ2n) is 6.43. The molecule has 0 radical (unpaired) electrons. The normalized spacial score (nSPS) is 19.4. The number of benzene rings is 1. The van der Waals surface area contributed by atoms with E-state index in [-0.39, 0.29) is 12.1 Å².